The molecule has 0 unspecified atom stereocenters. The Morgan fingerprint density at radius 1 is 0.543 bits per heavy atom. The van der Waals surface area contributed by atoms with Gasteiger partial charge >= 0.3 is 0 Å². The van der Waals surface area contributed by atoms with Crippen molar-refractivity contribution >= 4 is 53.4 Å². The summed E-state index contributed by atoms with van der Waals surface area (Å²) in [5, 5.41) is 4.68. The predicted octanol–water partition coefficient (Wildman–Crippen LogP) is 11.5. The summed E-state index contributed by atoms with van der Waals surface area (Å²) in [6.45, 7) is 9.44. The molecule has 0 bridgehead atoms. The van der Waals surface area contributed by atoms with Crippen LogP contribution in [0.3, 0.4) is 0 Å². The largest absolute Gasteiger partial charge is 0.455 e. The molecular formula is C41H33N3OS. The van der Waals surface area contributed by atoms with E-state index in [1.165, 1.54) is 37.7 Å². The van der Waals surface area contributed by atoms with Gasteiger partial charge in [-0.3, -0.25) is 0 Å². The molecule has 1 aliphatic rings. The van der Waals surface area contributed by atoms with E-state index >= 15 is 0 Å². The number of furan rings is 1. The van der Waals surface area contributed by atoms with Crippen LogP contribution in [0.15, 0.2) is 108 Å². The highest BCUT2D eigenvalue weighted by atomic mass is 32.1. The molecule has 0 fully saturated rings. The lowest BCUT2D eigenvalue weighted by molar-refractivity contribution is 0.332. The lowest BCUT2D eigenvalue weighted by Crippen LogP contribution is -2.33. The van der Waals surface area contributed by atoms with E-state index < -0.39 is 0 Å². The van der Waals surface area contributed by atoms with E-state index in [0.717, 1.165) is 45.0 Å². The van der Waals surface area contributed by atoms with Crippen LogP contribution in [0.4, 0.5) is 0 Å². The lowest BCUT2D eigenvalue weighted by atomic mass is 9.63. The summed E-state index contributed by atoms with van der Waals surface area (Å²) in [4.78, 5) is 15.5. The third-order valence-corrected chi connectivity index (χ3v) is 11.2. The Balaban J connectivity index is 1.28. The summed E-state index contributed by atoms with van der Waals surface area (Å²) in [6, 6.07) is 36.4. The van der Waals surface area contributed by atoms with Crippen LogP contribution in [0.25, 0.3) is 76.3 Å². The number of rotatable bonds is 3. The van der Waals surface area contributed by atoms with E-state index in [-0.39, 0.29) is 10.8 Å². The minimum atomic E-state index is 0.0750. The molecule has 1 aliphatic carbocycles. The van der Waals surface area contributed by atoms with E-state index in [4.69, 9.17) is 19.4 Å². The van der Waals surface area contributed by atoms with E-state index in [1.54, 1.807) is 11.3 Å². The van der Waals surface area contributed by atoms with E-state index in [1.807, 2.05) is 18.2 Å². The maximum Gasteiger partial charge on any atom is 0.167 e. The lowest BCUT2D eigenvalue weighted by Gasteiger charge is -2.42. The molecule has 0 spiro atoms. The van der Waals surface area contributed by atoms with Gasteiger partial charge in [-0.25, -0.2) is 15.0 Å². The van der Waals surface area contributed by atoms with E-state index in [0.29, 0.717) is 17.5 Å². The average Bonchev–Trinajstić information content (AvgIpc) is 3.64. The summed E-state index contributed by atoms with van der Waals surface area (Å²) in [6.07, 6.45) is 2.32. The van der Waals surface area contributed by atoms with Gasteiger partial charge in [-0.05, 0) is 65.1 Å². The number of hydrogen-bond donors (Lipinski definition) is 0. The van der Waals surface area contributed by atoms with Crippen LogP contribution in [-0.2, 0) is 10.8 Å². The molecule has 0 saturated heterocycles. The Morgan fingerprint density at radius 2 is 1.17 bits per heavy atom. The van der Waals surface area contributed by atoms with Crippen LogP contribution in [0.2, 0.25) is 0 Å². The normalized spacial score (nSPS) is 15.6. The number of fused-ring (bicyclic) bond motifs is 7. The molecule has 5 aromatic carbocycles. The molecule has 0 atom stereocenters. The zero-order valence-electron chi connectivity index (χ0n) is 26.4. The number of para-hydroxylation sites is 2. The Morgan fingerprint density at radius 3 is 2.00 bits per heavy atom. The number of benzene rings is 5. The van der Waals surface area contributed by atoms with Gasteiger partial charge in [-0.15, -0.1) is 11.3 Å². The molecule has 3 aromatic heterocycles. The highest BCUT2D eigenvalue weighted by Gasteiger charge is 2.37. The fraction of sp³-hybridized carbons (Fsp3) is 0.195. The van der Waals surface area contributed by atoms with Gasteiger partial charge in [-0.2, -0.15) is 0 Å². The molecule has 4 nitrogen and oxygen atoms in total. The highest BCUT2D eigenvalue weighted by Crippen LogP contribution is 2.47. The summed E-state index contributed by atoms with van der Waals surface area (Å²) in [7, 11) is 0. The summed E-state index contributed by atoms with van der Waals surface area (Å²) in [5.74, 6) is 1.94. The molecule has 3 heterocycles. The molecule has 46 heavy (non-hydrogen) atoms. The van der Waals surface area contributed by atoms with Crippen molar-refractivity contribution in [2.75, 3.05) is 0 Å². The molecule has 0 N–H and O–H groups in total. The molecule has 0 amide bonds. The Hall–Kier alpha value is -4.87. The molecule has 8 aromatic rings. The monoisotopic (exact) mass is 615 g/mol. The molecule has 224 valence electrons. The Kier molecular flexibility index (Phi) is 5.85. The molecule has 5 heteroatoms. The zero-order valence-corrected chi connectivity index (χ0v) is 27.2. The predicted molar refractivity (Wildman–Crippen MR) is 192 cm³/mol. The average molecular weight is 616 g/mol. The van der Waals surface area contributed by atoms with Gasteiger partial charge in [0.15, 0.2) is 17.5 Å². The second kappa shape index (κ2) is 9.81. The third-order valence-electron chi connectivity index (χ3n) is 10.0. The van der Waals surface area contributed by atoms with Crippen LogP contribution in [0, 0.1) is 0 Å². The first-order chi connectivity index (χ1) is 22.2. The Bertz CT molecular complexity index is 2500. The maximum atomic E-state index is 6.45. The minimum absolute atomic E-state index is 0.0750. The maximum absolute atomic E-state index is 6.45. The van der Waals surface area contributed by atoms with Gasteiger partial charge in [0.1, 0.15) is 11.2 Å². The first-order valence-electron chi connectivity index (χ1n) is 16.0. The SMILES string of the molecule is CC1(C)CCC(C)(C)c2cc(-c3nc(-c4ccc5c(c4)sc4ccccc45)nc(-c4cccc5c4oc4ccccc45)n3)ccc21. The molecule has 9 rings (SSSR count). The summed E-state index contributed by atoms with van der Waals surface area (Å²) < 4.78 is 8.95. The van der Waals surface area contributed by atoms with Gasteiger partial charge < -0.3 is 4.42 Å². The smallest absolute Gasteiger partial charge is 0.167 e. The quantitative estimate of drug-likeness (QED) is 0.198. The molecule has 0 saturated carbocycles. The van der Waals surface area contributed by atoms with Crippen molar-refractivity contribution in [3.05, 3.63) is 114 Å². The molecular weight excluding hydrogens is 583 g/mol. The van der Waals surface area contributed by atoms with Gasteiger partial charge in [0.2, 0.25) is 0 Å². The van der Waals surface area contributed by atoms with Crippen molar-refractivity contribution in [3.63, 3.8) is 0 Å². The first-order valence-corrected chi connectivity index (χ1v) is 16.8. The zero-order chi connectivity index (χ0) is 31.2. The van der Waals surface area contributed by atoms with Crippen molar-refractivity contribution in [2.24, 2.45) is 0 Å². The van der Waals surface area contributed by atoms with Gasteiger partial charge in [0.05, 0.1) is 5.56 Å². The van der Waals surface area contributed by atoms with E-state index in [2.05, 4.69) is 113 Å². The standard InChI is InChI=1S/C41H33N3OS/c1-40(2)20-21-41(3,4)32-22-24(17-19-31(32)40)37-42-38(25-16-18-28-27-11-6-8-15-34(27)46-35(28)23-25)44-39(43-37)30-13-9-12-29-26-10-5-7-14-33(26)45-36(29)30/h5-19,22-23H,20-21H2,1-4H3. The van der Waals surface area contributed by atoms with Crippen LogP contribution < -0.4 is 0 Å². The van der Waals surface area contributed by atoms with Crippen LogP contribution in [0.5, 0.6) is 0 Å². The third kappa shape index (κ3) is 4.22. The fourth-order valence-corrected chi connectivity index (χ4v) is 8.42. The van der Waals surface area contributed by atoms with Crippen LogP contribution >= 0.6 is 11.3 Å². The summed E-state index contributed by atoms with van der Waals surface area (Å²) in [5.41, 5.74) is 7.51. The van der Waals surface area contributed by atoms with Gasteiger partial charge in [0, 0.05) is 42.1 Å². The number of nitrogens with zero attached hydrogens (tertiary/aromatic N) is 3. The van der Waals surface area contributed by atoms with Crippen molar-refractivity contribution < 1.29 is 4.42 Å². The van der Waals surface area contributed by atoms with Crippen molar-refractivity contribution in [1.29, 1.82) is 0 Å². The number of thiophene rings is 1. The van der Waals surface area contributed by atoms with Crippen LogP contribution in [-0.4, -0.2) is 15.0 Å². The summed E-state index contributed by atoms with van der Waals surface area (Å²) >= 11 is 1.80. The number of aromatic nitrogens is 3. The highest BCUT2D eigenvalue weighted by molar-refractivity contribution is 7.25. The topological polar surface area (TPSA) is 51.8 Å². The minimum Gasteiger partial charge on any atom is -0.455 e. The van der Waals surface area contributed by atoms with Crippen molar-refractivity contribution in [3.8, 4) is 34.2 Å². The second-order valence-corrected chi connectivity index (χ2v) is 15.0. The number of hydrogen-bond acceptors (Lipinski definition) is 5. The van der Waals surface area contributed by atoms with Crippen molar-refractivity contribution in [1.82, 2.24) is 15.0 Å². The van der Waals surface area contributed by atoms with Gasteiger partial charge in [0.25, 0.3) is 0 Å². The molecule has 0 radical (unpaired) electrons. The van der Waals surface area contributed by atoms with Crippen molar-refractivity contribution in [2.45, 2.75) is 51.4 Å². The Labute approximate surface area is 271 Å². The van der Waals surface area contributed by atoms with Crippen LogP contribution in [0.1, 0.15) is 51.7 Å². The first kappa shape index (κ1) is 27.4. The second-order valence-electron chi connectivity index (χ2n) is 13.9. The van der Waals surface area contributed by atoms with E-state index in [9.17, 15) is 0 Å². The van der Waals surface area contributed by atoms with Gasteiger partial charge in [-0.1, -0.05) is 100 Å². The fourth-order valence-electron chi connectivity index (χ4n) is 7.27. The molecule has 0 aliphatic heterocycles.